The zero-order valence-electron chi connectivity index (χ0n) is 21.2. The average Bonchev–Trinajstić information content (AvgIpc) is 3.45. The summed E-state index contributed by atoms with van der Waals surface area (Å²) < 4.78 is 20.5. The van der Waals surface area contributed by atoms with Crippen molar-refractivity contribution in [3.8, 4) is 5.69 Å². The first-order valence-corrected chi connectivity index (χ1v) is 13.1. The number of aromatic nitrogens is 2. The number of esters is 1. The molecule has 2 aromatic rings. The van der Waals surface area contributed by atoms with Crippen molar-refractivity contribution in [2.24, 2.45) is 28.6 Å². The number of carbonyl (C=O) groups is 2. The standard InChI is InChI=1S/C30H33FN2O3/c1-29-14-12-21(34)16-18(29)4-9-22-23-10-11-25(30(23,2)15-13-24(22)29)27-17-26(28(35)36-3)32-33(27)20-7-5-19(31)6-8-20/h5-8,12,14,16-17,22-25H,4,9-11,13,15H2,1-3H3/t22-,23-,24-,25+,29-,30-/m0/s1. The number of rotatable bonds is 3. The van der Waals surface area contributed by atoms with E-state index in [0.29, 0.717) is 17.8 Å². The molecule has 1 heterocycles. The highest BCUT2D eigenvalue weighted by molar-refractivity contribution is 6.01. The summed E-state index contributed by atoms with van der Waals surface area (Å²) in [7, 11) is 1.37. The lowest BCUT2D eigenvalue weighted by Gasteiger charge is -2.57. The third kappa shape index (κ3) is 3.36. The highest BCUT2D eigenvalue weighted by atomic mass is 19.1. The maximum absolute atomic E-state index is 13.7. The molecule has 0 N–H and O–H groups in total. The van der Waals surface area contributed by atoms with Crippen LogP contribution in [-0.4, -0.2) is 28.6 Å². The highest BCUT2D eigenvalue weighted by Crippen LogP contribution is 2.67. The number of halogens is 1. The van der Waals surface area contributed by atoms with Crippen LogP contribution in [-0.2, 0) is 9.53 Å². The third-order valence-electron chi connectivity index (χ3n) is 10.1. The quantitative estimate of drug-likeness (QED) is 0.484. The molecule has 0 amide bonds. The maximum atomic E-state index is 13.7. The molecule has 0 spiro atoms. The summed E-state index contributed by atoms with van der Waals surface area (Å²) in [5.41, 5.74) is 3.42. The Bertz CT molecular complexity index is 1290. The van der Waals surface area contributed by atoms with E-state index >= 15 is 0 Å². The third-order valence-corrected chi connectivity index (χ3v) is 10.1. The lowest BCUT2D eigenvalue weighted by molar-refractivity contribution is -0.111. The van der Waals surface area contributed by atoms with E-state index < -0.39 is 5.97 Å². The Morgan fingerprint density at radius 1 is 1.11 bits per heavy atom. The van der Waals surface area contributed by atoms with Gasteiger partial charge in [0.05, 0.1) is 12.8 Å². The van der Waals surface area contributed by atoms with Crippen LogP contribution in [0, 0.1) is 34.4 Å². The second-order valence-corrected chi connectivity index (χ2v) is 11.6. The fourth-order valence-electron chi connectivity index (χ4n) is 8.32. The van der Waals surface area contributed by atoms with Crippen LogP contribution in [0.15, 0.2) is 54.1 Å². The zero-order valence-corrected chi connectivity index (χ0v) is 21.2. The topological polar surface area (TPSA) is 61.2 Å². The molecule has 6 rings (SSSR count). The number of allylic oxidation sites excluding steroid dienone is 4. The van der Waals surface area contributed by atoms with Gasteiger partial charge in [-0.1, -0.05) is 25.5 Å². The molecular weight excluding hydrogens is 455 g/mol. The molecule has 6 heteroatoms. The predicted molar refractivity (Wildman–Crippen MR) is 134 cm³/mol. The first kappa shape index (κ1) is 23.4. The van der Waals surface area contributed by atoms with Crippen molar-refractivity contribution in [3.63, 3.8) is 0 Å². The molecule has 6 atom stereocenters. The van der Waals surface area contributed by atoms with E-state index in [1.807, 2.05) is 16.8 Å². The van der Waals surface area contributed by atoms with Crippen molar-refractivity contribution in [1.29, 1.82) is 0 Å². The van der Waals surface area contributed by atoms with Crippen molar-refractivity contribution < 1.29 is 18.7 Å². The van der Waals surface area contributed by atoms with Crippen molar-refractivity contribution in [2.45, 2.75) is 58.3 Å². The molecule has 1 aromatic heterocycles. The van der Waals surface area contributed by atoms with E-state index in [9.17, 15) is 14.0 Å². The summed E-state index contributed by atoms with van der Waals surface area (Å²) >= 11 is 0. The highest BCUT2D eigenvalue weighted by Gasteiger charge is 2.59. The Morgan fingerprint density at radius 3 is 2.64 bits per heavy atom. The van der Waals surface area contributed by atoms with Gasteiger partial charge in [-0.05, 0) is 104 Å². The van der Waals surface area contributed by atoms with E-state index in [4.69, 9.17) is 4.74 Å². The van der Waals surface area contributed by atoms with Gasteiger partial charge in [0.1, 0.15) is 5.82 Å². The SMILES string of the molecule is COC(=O)c1cc([C@H]2CC[C@H]3[C@@H]4CCC5=CC(=O)C=C[C@]5(C)[C@H]4CC[C@]23C)n(-c2ccc(F)cc2)n1. The molecule has 3 fully saturated rings. The number of ether oxygens (including phenoxy) is 1. The molecule has 0 unspecified atom stereocenters. The first-order valence-electron chi connectivity index (χ1n) is 13.1. The minimum Gasteiger partial charge on any atom is -0.464 e. The summed E-state index contributed by atoms with van der Waals surface area (Å²) in [4.78, 5) is 24.5. The van der Waals surface area contributed by atoms with E-state index in [1.54, 1.807) is 18.2 Å². The van der Waals surface area contributed by atoms with Gasteiger partial charge in [0.25, 0.3) is 0 Å². The lowest BCUT2D eigenvalue weighted by Crippen LogP contribution is -2.49. The average molecular weight is 489 g/mol. The molecule has 3 saturated carbocycles. The van der Waals surface area contributed by atoms with Crippen LogP contribution in [0.2, 0.25) is 0 Å². The van der Waals surface area contributed by atoms with Gasteiger partial charge in [-0.25, -0.2) is 13.9 Å². The Morgan fingerprint density at radius 2 is 1.89 bits per heavy atom. The Balaban J connectivity index is 1.37. The number of nitrogens with zero attached hydrogens (tertiary/aromatic N) is 2. The number of benzene rings is 1. The number of ketones is 1. The Hall–Kier alpha value is -3.02. The lowest BCUT2D eigenvalue weighted by atomic mass is 9.47. The van der Waals surface area contributed by atoms with Crippen molar-refractivity contribution in [2.75, 3.05) is 7.11 Å². The molecule has 0 saturated heterocycles. The smallest absolute Gasteiger partial charge is 0.358 e. The second-order valence-electron chi connectivity index (χ2n) is 11.6. The van der Waals surface area contributed by atoms with Crippen LogP contribution < -0.4 is 0 Å². The van der Waals surface area contributed by atoms with Crippen LogP contribution in [0.3, 0.4) is 0 Å². The molecule has 1 aromatic carbocycles. The van der Waals surface area contributed by atoms with Gasteiger partial charge in [0.15, 0.2) is 11.5 Å². The van der Waals surface area contributed by atoms with Crippen LogP contribution in [0.1, 0.15) is 74.5 Å². The van der Waals surface area contributed by atoms with Gasteiger partial charge in [-0.3, -0.25) is 4.79 Å². The van der Waals surface area contributed by atoms with E-state index in [2.05, 4.69) is 25.0 Å². The van der Waals surface area contributed by atoms with Crippen LogP contribution in [0.25, 0.3) is 5.69 Å². The van der Waals surface area contributed by atoms with E-state index in [1.165, 1.54) is 24.8 Å². The molecule has 188 valence electrons. The molecule has 36 heavy (non-hydrogen) atoms. The van der Waals surface area contributed by atoms with Crippen molar-refractivity contribution in [1.82, 2.24) is 9.78 Å². The maximum Gasteiger partial charge on any atom is 0.358 e. The van der Waals surface area contributed by atoms with Gasteiger partial charge in [0, 0.05) is 17.0 Å². The fraction of sp³-hybridized carbons (Fsp3) is 0.500. The largest absolute Gasteiger partial charge is 0.464 e. The van der Waals surface area contributed by atoms with Crippen molar-refractivity contribution in [3.05, 3.63) is 71.3 Å². The zero-order chi connectivity index (χ0) is 25.2. The molecule has 0 bridgehead atoms. The summed E-state index contributed by atoms with van der Waals surface area (Å²) in [6.07, 6.45) is 12.3. The number of methoxy groups -OCH3 is 1. The van der Waals surface area contributed by atoms with Gasteiger partial charge >= 0.3 is 5.97 Å². The monoisotopic (exact) mass is 488 g/mol. The number of fused-ring (bicyclic) bond motifs is 5. The predicted octanol–water partition coefficient (Wildman–Crippen LogP) is 6.19. The molecule has 0 aliphatic heterocycles. The molecule has 4 aliphatic rings. The molecule has 5 nitrogen and oxygen atoms in total. The molecular formula is C30H33FN2O3. The minimum absolute atomic E-state index is 0.0236. The van der Waals surface area contributed by atoms with Gasteiger partial charge in [0.2, 0.25) is 0 Å². The summed E-state index contributed by atoms with van der Waals surface area (Å²) in [6, 6.07) is 8.17. The van der Waals surface area contributed by atoms with Crippen LogP contribution in [0.5, 0.6) is 0 Å². The molecule has 0 radical (unpaired) electrons. The number of hydrogen-bond acceptors (Lipinski definition) is 4. The van der Waals surface area contributed by atoms with Crippen molar-refractivity contribution >= 4 is 11.8 Å². The summed E-state index contributed by atoms with van der Waals surface area (Å²) in [6.45, 7) is 4.76. The van der Waals surface area contributed by atoms with E-state index in [0.717, 1.165) is 49.9 Å². The Labute approximate surface area is 211 Å². The fourth-order valence-corrected chi connectivity index (χ4v) is 8.32. The van der Waals surface area contributed by atoms with Gasteiger partial charge in [-0.2, -0.15) is 5.10 Å². The molecule has 4 aliphatic carbocycles. The number of hydrogen-bond donors (Lipinski definition) is 0. The van der Waals surface area contributed by atoms with Crippen LogP contribution in [0.4, 0.5) is 4.39 Å². The normalized spacial score (nSPS) is 35.0. The Kier molecular flexibility index (Phi) is 5.36. The van der Waals surface area contributed by atoms with Gasteiger partial charge in [-0.15, -0.1) is 0 Å². The van der Waals surface area contributed by atoms with E-state index in [-0.39, 0.29) is 34.0 Å². The van der Waals surface area contributed by atoms with Crippen LogP contribution >= 0.6 is 0 Å². The minimum atomic E-state index is -0.460. The summed E-state index contributed by atoms with van der Waals surface area (Å²) in [5.74, 6) is 1.33. The van der Waals surface area contributed by atoms with Gasteiger partial charge < -0.3 is 4.74 Å². The summed E-state index contributed by atoms with van der Waals surface area (Å²) in [5, 5.41) is 4.62. The number of carbonyl (C=O) groups excluding carboxylic acids is 2. The second kappa shape index (κ2) is 8.25. The first-order chi connectivity index (χ1) is 17.2.